The van der Waals surface area contributed by atoms with Gasteiger partial charge in [0.2, 0.25) is 0 Å². The van der Waals surface area contributed by atoms with E-state index >= 15 is 0 Å². The van der Waals surface area contributed by atoms with Crippen LogP contribution in [0.2, 0.25) is 10.0 Å². The van der Waals surface area contributed by atoms with Crippen LogP contribution < -0.4 is 4.74 Å². The maximum Gasteiger partial charge on any atom is 0.153 e. The Labute approximate surface area is 116 Å². The highest BCUT2D eigenvalue weighted by Gasteiger charge is 2.10. The molecule has 0 radical (unpaired) electrons. The second-order valence-corrected chi connectivity index (χ2v) is 4.22. The minimum Gasteiger partial charge on any atom is -0.489 e. The van der Waals surface area contributed by atoms with Crippen molar-refractivity contribution in [3.63, 3.8) is 0 Å². The van der Waals surface area contributed by atoms with Crippen LogP contribution >= 0.6 is 23.2 Å². The van der Waals surface area contributed by atoms with Crippen molar-refractivity contribution >= 4 is 29.5 Å². The summed E-state index contributed by atoms with van der Waals surface area (Å²) in [4.78, 5) is 10.9. The fourth-order valence-electron chi connectivity index (χ4n) is 1.27. The fourth-order valence-corrected chi connectivity index (χ4v) is 1.83. The second-order valence-electron chi connectivity index (χ2n) is 3.38. The fraction of sp³-hybridized carbons (Fsp3) is 0.417. The highest BCUT2D eigenvalue weighted by molar-refractivity contribution is 6.36. The summed E-state index contributed by atoms with van der Waals surface area (Å²) in [5.74, 6) is 0.325. The van der Waals surface area contributed by atoms with E-state index in [0.29, 0.717) is 54.1 Å². The first-order chi connectivity index (χ1) is 8.69. The van der Waals surface area contributed by atoms with E-state index in [1.54, 1.807) is 7.11 Å². The molecule has 18 heavy (non-hydrogen) atoms. The highest BCUT2D eigenvalue weighted by atomic mass is 35.5. The van der Waals surface area contributed by atoms with Crippen LogP contribution in [-0.2, 0) is 9.47 Å². The molecular weight excluding hydrogens is 279 g/mol. The van der Waals surface area contributed by atoms with Crippen LogP contribution in [0.15, 0.2) is 12.1 Å². The number of carbonyl (C=O) groups excluding carboxylic acids is 1. The topological polar surface area (TPSA) is 44.8 Å². The van der Waals surface area contributed by atoms with Crippen LogP contribution in [0.1, 0.15) is 10.4 Å². The molecule has 0 aliphatic rings. The number of benzene rings is 1. The molecule has 0 amide bonds. The molecule has 4 nitrogen and oxygen atoms in total. The Morgan fingerprint density at radius 3 is 2.56 bits per heavy atom. The molecule has 0 heterocycles. The van der Waals surface area contributed by atoms with Gasteiger partial charge in [-0.05, 0) is 12.1 Å². The molecule has 0 bridgehead atoms. The summed E-state index contributed by atoms with van der Waals surface area (Å²) in [7, 11) is 1.60. The second kappa shape index (κ2) is 8.32. The first-order valence-corrected chi connectivity index (χ1v) is 6.08. The number of ether oxygens (including phenoxy) is 3. The molecule has 0 aliphatic carbocycles. The lowest BCUT2D eigenvalue weighted by molar-refractivity contribution is 0.0543. The van der Waals surface area contributed by atoms with Crippen molar-refractivity contribution in [2.45, 2.75) is 0 Å². The Morgan fingerprint density at radius 1 is 1.17 bits per heavy atom. The van der Waals surface area contributed by atoms with Crippen LogP contribution in [0.4, 0.5) is 0 Å². The van der Waals surface area contributed by atoms with Gasteiger partial charge in [0.1, 0.15) is 12.4 Å². The quantitative estimate of drug-likeness (QED) is 0.546. The molecule has 0 saturated heterocycles. The zero-order valence-corrected chi connectivity index (χ0v) is 11.5. The molecule has 1 aromatic carbocycles. The lowest BCUT2D eigenvalue weighted by Gasteiger charge is -2.11. The van der Waals surface area contributed by atoms with Crippen LogP contribution in [0.25, 0.3) is 0 Å². The third-order valence-electron chi connectivity index (χ3n) is 2.07. The number of methoxy groups -OCH3 is 1. The van der Waals surface area contributed by atoms with Gasteiger partial charge in [-0.1, -0.05) is 23.2 Å². The van der Waals surface area contributed by atoms with Gasteiger partial charge in [-0.15, -0.1) is 0 Å². The van der Waals surface area contributed by atoms with E-state index in [9.17, 15) is 4.79 Å². The molecule has 0 saturated carbocycles. The summed E-state index contributed by atoms with van der Waals surface area (Å²) < 4.78 is 15.5. The van der Waals surface area contributed by atoms with E-state index in [-0.39, 0.29) is 0 Å². The number of aldehydes is 1. The summed E-state index contributed by atoms with van der Waals surface area (Å²) in [6.07, 6.45) is 0.652. The highest BCUT2D eigenvalue weighted by Crippen LogP contribution is 2.31. The molecule has 1 aromatic rings. The van der Waals surface area contributed by atoms with E-state index in [4.69, 9.17) is 37.4 Å². The summed E-state index contributed by atoms with van der Waals surface area (Å²) in [5, 5.41) is 0.701. The van der Waals surface area contributed by atoms with E-state index in [2.05, 4.69) is 0 Å². The molecule has 0 fully saturated rings. The Morgan fingerprint density at radius 2 is 1.89 bits per heavy atom. The van der Waals surface area contributed by atoms with Crippen LogP contribution in [-0.4, -0.2) is 39.8 Å². The van der Waals surface area contributed by atoms with Crippen molar-refractivity contribution in [2.24, 2.45) is 0 Å². The van der Waals surface area contributed by atoms with Gasteiger partial charge in [-0.2, -0.15) is 0 Å². The molecule has 0 atom stereocenters. The maximum atomic E-state index is 10.9. The summed E-state index contributed by atoms with van der Waals surface area (Å²) >= 11 is 11.7. The smallest absolute Gasteiger partial charge is 0.153 e. The molecule has 0 N–H and O–H groups in total. The zero-order valence-electron chi connectivity index (χ0n) is 9.95. The predicted molar refractivity (Wildman–Crippen MR) is 70.0 cm³/mol. The van der Waals surface area contributed by atoms with Crippen molar-refractivity contribution in [1.29, 1.82) is 0 Å². The summed E-state index contributed by atoms with van der Waals surface area (Å²) in [6.45, 7) is 1.71. The van der Waals surface area contributed by atoms with Gasteiger partial charge in [0, 0.05) is 12.1 Å². The van der Waals surface area contributed by atoms with E-state index in [1.165, 1.54) is 12.1 Å². The maximum absolute atomic E-state index is 10.9. The molecule has 100 valence electrons. The van der Waals surface area contributed by atoms with E-state index in [0.717, 1.165) is 0 Å². The minimum absolute atomic E-state index is 0.298. The number of hydrogen-bond acceptors (Lipinski definition) is 4. The summed E-state index contributed by atoms with van der Waals surface area (Å²) in [6, 6.07) is 3.03. The van der Waals surface area contributed by atoms with Crippen molar-refractivity contribution in [3.05, 3.63) is 27.7 Å². The predicted octanol–water partition coefficient (Wildman–Crippen LogP) is 2.85. The van der Waals surface area contributed by atoms with Gasteiger partial charge in [-0.3, -0.25) is 4.79 Å². The number of hydrogen-bond donors (Lipinski definition) is 0. The first kappa shape index (κ1) is 15.2. The molecule has 1 rings (SSSR count). The largest absolute Gasteiger partial charge is 0.489 e. The average molecular weight is 293 g/mol. The molecular formula is C12H14Cl2O4. The average Bonchev–Trinajstić information content (AvgIpc) is 2.35. The van der Waals surface area contributed by atoms with Gasteiger partial charge in [0.25, 0.3) is 0 Å². The van der Waals surface area contributed by atoms with Gasteiger partial charge in [0.05, 0.1) is 30.4 Å². The van der Waals surface area contributed by atoms with Crippen molar-refractivity contribution < 1.29 is 19.0 Å². The van der Waals surface area contributed by atoms with Gasteiger partial charge < -0.3 is 14.2 Å². The number of rotatable bonds is 8. The SMILES string of the molecule is COCCOCCOc1c(Cl)cc(Cl)cc1C=O. The number of carbonyl (C=O) groups is 1. The Bertz CT molecular complexity index is 396. The van der Waals surface area contributed by atoms with Crippen molar-refractivity contribution in [1.82, 2.24) is 0 Å². The van der Waals surface area contributed by atoms with Gasteiger partial charge in [-0.25, -0.2) is 0 Å². The van der Waals surface area contributed by atoms with Crippen LogP contribution in [0.3, 0.4) is 0 Å². The summed E-state index contributed by atoms with van der Waals surface area (Å²) in [5.41, 5.74) is 0.324. The third-order valence-corrected chi connectivity index (χ3v) is 2.57. The molecule has 0 unspecified atom stereocenters. The lowest BCUT2D eigenvalue weighted by Crippen LogP contribution is -2.11. The van der Waals surface area contributed by atoms with Gasteiger partial charge in [0.15, 0.2) is 6.29 Å². The molecule has 0 spiro atoms. The third kappa shape index (κ3) is 4.82. The molecule has 0 aromatic heterocycles. The zero-order chi connectivity index (χ0) is 13.4. The number of halogens is 2. The Kier molecular flexibility index (Phi) is 7.05. The lowest BCUT2D eigenvalue weighted by atomic mass is 10.2. The molecule has 6 heteroatoms. The van der Waals surface area contributed by atoms with Crippen LogP contribution in [0, 0.1) is 0 Å². The van der Waals surface area contributed by atoms with Gasteiger partial charge >= 0.3 is 0 Å². The standard InChI is InChI=1S/C12H14Cl2O4/c1-16-2-3-17-4-5-18-12-9(8-15)6-10(13)7-11(12)14/h6-8H,2-5H2,1H3. The van der Waals surface area contributed by atoms with Crippen molar-refractivity contribution in [2.75, 3.05) is 33.5 Å². The van der Waals surface area contributed by atoms with E-state index < -0.39 is 0 Å². The van der Waals surface area contributed by atoms with Crippen molar-refractivity contribution in [3.8, 4) is 5.75 Å². The first-order valence-electron chi connectivity index (χ1n) is 5.32. The minimum atomic E-state index is 0.298. The Hall–Kier alpha value is -0.810. The van der Waals surface area contributed by atoms with Crippen LogP contribution in [0.5, 0.6) is 5.75 Å². The Balaban J connectivity index is 2.49. The normalized spacial score (nSPS) is 10.4. The monoisotopic (exact) mass is 292 g/mol. The molecule has 0 aliphatic heterocycles. The van der Waals surface area contributed by atoms with E-state index in [1.807, 2.05) is 0 Å².